The molecule has 0 bridgehead atoms. The molecule has 3 nitrogen and oxygen atoms in total. The predicted molar refractivity (Wildman–Crippen MR) is 156 cm³/mol. The van der Waals surface area contributed by atoms with Gasteiger partial charge >= 0.3 is 0 Å². The second-order valence-corrected chi connectivity index (χ2v) is 15.8. The topological polar surface area (TPSA) is 35.0 Å². The van der Waals surface area contributed by atoms with E-state index < -0.39 is 8.07 Å². The van der Waals surface area contributed by atoms with Crippen molar-refractivity contribution < 1.29 is 4.74 Å². The Morgan fingerprint density at radius 2 is 1.58 bits per heavy atom. The maximum Gasteiger partial charge on any atom is 0.158 e. The van der Waals surface area contributed by atoms with Gasteiger partial charge in [0.2, 0.25) is 0 Å². The molecule has 1 heterocycles. The fourth-order valence-corrected chi connectivity index (χ4v) is 8.26. The van der Waals surface area contributed by atoms with Crippen LogP contribution >= 0.6 is 0 Å². The number of para-hydroxylation sites is 1. The molecular weight excluding hydrogens is 456 g/mol. The lowest BCUT2D eigenvalue weighted by molar-refractivity contribution is 0.310. The van der Waals surface area contributed by atoms with E-state index in [1.807, 2.05) is 0 Å². The van der Waals surface area contributed by atoms with Crippen LogP contribution in [0.15, 0.2) is 54.7 Å². The molecule has 0 aliphatic heterocycles. The van der Waals surface area contributed by atoms with Crippen molar-refractivity contribution in [2.45, 2.75) is 96.7 Å². The van der Waals surface area contributed by atoms with Crippen molar-refractivity contribution in [1.29, 1.82) is 0 Å². The van der Waals surface area contributed by atoms with Gasteiger partial charge in [-0.2, -0.15) is 0 Å². The average molecular weight is 501 g/mol. The number of hydrogen-bond acceptors (Lipinski definition) is 3. The standard InChI is InChI=1S/C32H44N2OSi/c1-5-7-22-35-30-17-13-12-16-28(30)29-24-33-31(34-32(29)36(3,4)23-8-6-2)27-20-18-26(19-21-27)25-14-10-9-11-15-25/h12-13,16-21,24-25H,5-11,14-15,22-23H2,1-4H3. The minimum Gasteiger partial charge on any atom is -0.493 e. The quantitative estimate of drug-likeness (QED) is 0.195. The van der Waals surface area contributed by atoms with Crippen LogP contribution in [0.2, 0.25) is 19.1 Å². The zero-order valence-electron chi connectivity index (χ0n) is 22.9. The van der Waals surface area contributed by atoms with Gasteiger partial charge in [-0.05, 0) is 36.8 Å². The van der Waals surface area contributed by atoms with Crippen LogP contribution in [-0.2, 0) is 0 Å². The average Bonchev–Trinajstić information content (AvgIpc) is 2.93. The van der Waals surface area contributed by atoms with E-state index in [0.29, 0.717) is 0 Å². The first kappa shape index (κ1) is 26.6. The Labute approximate surface area is 219 Å². The maximum atomic E-state index is 6.23. The van der Waals surface area contributed by atoms with Crippen LogP contribution in [0, 0.1) is 0 Å². The second-order valence-electron chi connectivity index (χ2n) is 11.1. The summed E-state index contributed by atoms with van der Waals surface area (Å²) < 4.78 is 6.23. The molecule has 0 amide bonds. The van der Waals surface area contributed by atoms with Crippen LogP contribution in [0.1, 0.15) is 83.1 Å². The molecule has 36 heavy (non-hydrogen) atoms. The molecule has 0 atom stereocenters. The van der Waals surface area contributed by atoms with E-state index in [1.165, 1.54) is 61.9 Å². The lowest BCUT2D eigenvalue weighted by atomic mass is 9.84. The van der Waals surface area contributed by atoms with E-state index in [2.05, 4.69) is 81.7 Å². The summed E-state index contributed by atoms with van der Waals surface area (Å²) in [6.45, 7) is 10.1. The van der Waals surface area contributed by atoms with E-state index in [1.54, 1.807) is 0 Å². The van der Waals surface area contributed by atoms with Gasteiger partial charge in [-0.3, -0.25) is 0 Å². The Morgan fingerprint density at radius 3 is 2.31 bits per heavy atom. The molecule has 0 N–H and O–H groups in total. The summed E-state index contributed by atoms with van der Waals surface area (Å²) in [5.74, 6) is 2.52. The van der Waals surface area contributed by atoms with Crippen LogP contribution < -0.4 is 10.1 Å². The predicted octanol–water partition coefficient (Wildman–Crippen LogP) is 8.75. The number of nitrogens with zero attached hydrogens (tertiary/aromatic N) is 2. The van der Waals surface area contributed by atoms with Gasteiger partial charge in [-0.15, -0.1) is 0 Å². The summed E-state index contributed by atoms with van der Waals surface area (Å²) in [7, 11) is -1.80. The van der Waals surface area contributed by atoms with Crippen molar-refractivity contribution in [2.24, 2.45) is 0 Å². The molecule has 2 aromatic carbocycles. The Bertz CT molecular complexity index is 1100. The van der Waals surface area contributed by atoms with Gasteiger partial charge in [-0.25, -0.2) is 9.97 Å². The number of ether oxygens (including phenoxy) is 1. The summed E-state index contributed by atoms with van der Waals surface area (Å²) in [5, 5.41) is 1.25. The lowest BCUT2D eigenvalue weighted by Gasteiger charge is -2.26. The van der Waals surface area contributed by atoms with E-state index in [4.69, 9.17) is 14.7 Å². The second kappa shape index (κ2) is 12.7. The van der Waals surface area contributed by atoms with Gasteiger partial charge in [0.25, 0.3) is 0 Å². The maximum absolute atomic E-state index is 6.23. The molecule has 0 saturated heterocycles. The molecule has 1 aliphatic carbocycles. The first-order chi connectivity index (χ1) is 17.5. The summed E-state index contributed by atoms with van der Waals surface area (Å²) in [6, 6.07) is 18.8. The lowest BCUT2D eigenvalue weighted by Crippen LogP contribution is -2.45. The molecule has 1 aliphatic rings. The highest BCUT2D eigenvalue weighted by molar-refractivity contribution is 6.90. The summed E-state index contributed by atoms with van der Waals surface area (Å²) >= 11 is 0. The molecule has 1 saturated carbocycles. The number of hydrogen-bond donors (Lipinski definition) is 0. The Hall–Kier alpha value is -2.46. The Morgan fingerprint density at radius 1 is 0.861 bits per heavy atom. The van der Waals surface area contributed by atoms with E-state index in [0.717, 1.165) is 53.6 Å². The molecule has 0 unspecified atom stereocenters. The molecule has 0 spiro atoms. The van der Waals surface area contributed by atoms with Crippen LogP contribution in [-0.4, -0.2) is 24.6 Å². The molecule has 1 aromatic heterocycles. The van der Waals surface area contributed by atoms with Crippen molar-refractivity contribution in [2.75, 3.05) is 6.61 Å². The van der Waals surface area contributed by atoms with E-state index >= 15 is 0 Å². The third-order valence-corrected chi connectivity index (χ3v) is 11.0. The zero-order valence-corrected chi connectivity index (χ0v) is 23.9. The highest BCUT2D eigenvalue weighted by Crippen LogP contribution is 2.34. The Balaban J connectivity index is 1.71. The Kier molecular flexibility index (Phi) is 9.36. The van der Waals surface area contributed by atoms with Gasteiger partial charge in [0.15, 0.2) is 5.82 Å². The normalized spacial score (nSPS) is 14.7. The monoisotopic (exact) mass is 500 g/mol. The van der Waals surface area contributed by atoms with Crippen LogP contribution in [0.5, 0.6) is 5.75 Å². The molecular formula is C32H44N2OSi. The molecule has 1 fully saturated rings. The minimum atomic E-state index is -1.80. The minimum absolute atomic E-state index is 0.719. The zero-order chi connectivity index (χ0) is 25.4. The third-order valence-electron chi connectivity index (χ3n) is 7.76. The van der Waals surface area contributed by atoms with E-state index in [9.17, 15) is 0 Å². The van der Waals surface area contributed by atoms with Gasteiger partial charge in [0, 0.05) is 28.2 Å². The van der Waals surface area contributed by atoms with Crippen molar-refractivity contribution in [3.63, 3.8) is 0 Å². The van der Waals surface area contributed by atoms with Crippen molar-refractivity contribution in [3.8, 4) is 28.3 Å². The van der Waals surface area contributed by atoms with Gasteiger partial charge < -0.3 is 4.74 Å². The van der Waals surface area contributed by atoms with Crippen LogP contribution in [0.25, 0.3) is 22.5 Å². The molecule has 192 valence electrons. The molecule has 3 aromatic rings. The number of aromatic nitrogens is 2. The third kappa shape index (κ3) is 6.45. The fourth-order valence-electron chi connectivity index (χ4n) is 5.45. The molecule has 0 radical (unpaired) electrons. The smallest absolute Gasteiger partial charge is 0.158 e. The number of rotatable bonds is 11. The van der Waals surface area contributed by atoms with Gasteiger partial charge in [0.05, 0.1) is 6.61 Å². The van der Waals surface area contributed by atoms with Crippen molar-refractivity contribution in [3.05, 3.63) is 60.3 Å². The van der Waals surface area contributed by atoms with Crippen molar-refractivity contribution in [1.82, 2.24) is 9.97 Å². The number of unbranched alkanes of at least 4 members (excludes halogenated alkanes) is 2. The van der Waals surface area contributed by atoms with Gasteiger partial charge in [0.1, 0.15) is 13.8 Å². The van der Waals surface area contributed by atoms with Crippen LogP contribution in [0.3, 0.4) is 0 Å². The fraction of sp³-hybridized carbons (Fsp3) is 0.500. The highest BCUT2D eigenvalue weighted by atomic mass is 28.3. The van der Waals surface area contributed by atoms with Gasteiger partial charge in [-0.1, -0.05) is 114 Å². The molecule has 4 rings (SSSR count). The first-order valence-electron chi connectivity index (χ1n) is 14.2. The summed E-state index contributed by atoms with van der Waals surface area (Å²) in [5.41, 5.74) is 4.87. The van der Waals surface area contributed by atoms with E-state index in [-0.39, 0.29) is 0 Å². The summed E-state index contributed by atoms with van der Waals surface area (Å²) in [4.78, 5) is 10.2. The van der Waals surface area contributed by atoms with Crippen LogP contribution in [0.4, 0.5) is 0 Å². The molecule has 4 heteroatoms. The first-order valence-corrected chi connectivity index (χ1v) is 17.4. The highest BCUT2D eigenvalue weighted by Gasteiger charge is 2.30. The SMILES string of the molecule is CCCCOc1ccccc1-c1cnc(-c2ccc(C3CCCCC3)cc2)nc1[Si](C)(C)CCCC. The largest absolute Gasteiger partial charge is 0.493 e. The summed E-state index contributed by atoms with van der Waals surface area (Å²) in [6.07, 6.45) is 13.5. The van der Waals surface area contributed by atoms with Crippen molar-refractivity contribution >= 4 is 13.4 Å². The number of benzene rings is 2.